The Kier molecular flexibility index (Phi) is 7.01. The van der Waals surface area contributed by atoms with Crippen molar-refractivity contribution in [2.45, 2.75) is 58.0 Å². The van der Waals surface area contributed by atoms with Gasteiger partial charge >= 0.3 is 0 Å². The summed E-state index contributed by atoms with van der Waals surface area (Å²) < 4.78 is 0. The molecule has 0 amide bonds. The van der Waals surface area contributed by atoms with Crippen molar-refractivity contribution in [1.29, 1.82) is 0 Å². The molecule has 0 heterocycles. The highest BCUT2D eigenvalue weighted by molar-refractivity contribution is 6.31. The second kappa shape index (κ2) is 8.77. The number of rotatable bonds is 7. The van der Waals surface area contributed by atoms with E-state index in [9.17, 15) is 0 Å². The normalized spacial score (nSPS) is 16.6. The van der Waals surface area contributed by atoms with E-state index in [1.807, 2.05) is 6.07 Å². The standard InChI is InChI=1S/C18H29ClN2/c1-15-9-10-16(18(19)13-15)14-20-11-6-12-21(2)17-7-4-3-5-8-17/h9-10,13,17,20H,3-8,11-12,14H2,1-2H3. The third-order valence-electron chi connectivity index (χ3n) is 4.59. The third-order valence-corrected chi connectivity index (χ3v) is 4.94. The smallest absolute Gasteiger partial charge is 0.0453 e. The highest BCUT2D eigenvalue weighted by atomic mass is 35.5. The van der Waals surface area contributed by atoms with Gasteiger partial charge in [-0.1, -0.05) is 43.0 Å². The van der Waals surface area contributed by atoms with Gasteiger partial charge in [0.1, 0.15) is 0 Å². The number of benzene rings is 1. The van der Waals surface area contributed by atoms with Crippen molar-refractivity contribution >= 4 is 11.6 Å². The first-order valence-electron chi connectivity index (χ1n) is 8.33. The molecule has 1 aromatic rings. The molecule has 0 unspecified atom stereocenters. The Morgan fingerprint density at radius 1 is 1.24 bits per heavy atom. The monoisotopic (exact) mass is 308 g/mol. The zero-order valence-corrected chi connectivity index (χ0v) is 14.3. The highest BCUT2D eigenvalue weighted by Crippen LogP contribution is 2.21. The van der Waals surface area contributed by atoms with Crippen molar-refractivity contribution in [3.05, 3.63) is 34.3 Å². The van der Waals surface area contributed by atoms with E-state index in [0.29, 0.717) is 0 Å². The van der Waals surface area contributed by atoms with E-state index in [1.54, 1.807) is 0 Å². The van der Waals surface area contributed by atoms with Gasteiger partial charge in [-0.3, -0.25) is 0 Å². The fourth-order valence-corrected chi connectivity index (χ4v) is 3.48. The lowest BCUT2D eigenvalue weighted by atomic mass is 9.94. The lowest BCUT2D eigenvalue weighted by molar-refractivity contribution is 0.189. The second-order valence-corrected chi connectivity index (χ2v) is 6.80. The molecule has 2 nitrogen and oxygen atoms in total. The molecule has 1 N–H and O–H groups in total. The lowest BCUT2D eigenvalue weighted by Crippen LogP contribution is -2.35. The van der Waals surface area contributed by atoms with Crippen LogP contribution in [0.25, 0.3) is 0 Å². The van der Waals surface area contributed by atoms with Gasteiger partial charge in [0, 0.05) is 17.6 Å². The van der Waals surface area contributed by atoms with Crippen LogP contribution in [0.3, 0.4) is 0 Å². The first-order chi connectivity index (χ1) is 10.2. The Hall–Kier alpha value is -0.570. The molecule has 2 rings (SSSR count). The fraction of sp³-hybridized carbons (Fsp3) is 0.667. The summed E-state index contributed by atoms with van der Waals surface area (Å²) in [5.41, 5.74) is 2.42. The van der Waals surface area contributed by atoms with E-state index in [-0.39, 0.29) is 0 Å². The molecule has 0 radical (unpaired) electrons. The fourth-order valence-electron chi connectivity index (χ4n) is 3.18. The van der Waals surface area contributed by atoms with Crippen LogP contribution in [0.1, 0.15) is 49.7 Å². The molecule has 3 heteroatoms. The van der Waals surface area contributed by atoms with E-state index in [0.717, 1.165) is 24.2 Å². The number of nitrogens with one attached hydrogen (secondary N) is 1. The summed E-state index contributed by atoms with van der Waals surface area (Å²) in [6, 6.07) is 7.11. The molecule has 0 spiro atoms. The Balaban J connectivity index is 1.61. The molecule has 21 heavy (non-hydrogen) atoms. The maximum absolute atomic E-state index is 6.25. The van der Waals surface area contributed by atoms with Crippen LogP contribution in [-0.4, -0.2) is 31.1 Å². The zero-order valence-electron chi connectivity index (χ0n) is 13.5. The summed E-state index contributed by atoms with van der Waals surface area (Å²) in [6.07, 6.45) is 8.25. The SMILES string of the molecule is Cc1ccc(CNCCCN(C)C2CCCCC2)c(Cl)c1. The minimum absolute atomic E-state index is 0.824. The number of halogens is 1. The summed E-state index contributed by atoms with van der Waals surface area (Å²) in [6.45, 7) is 5.19. The summed E-state index contributed by atoms with van der Waals surface area (Å²) in [4.78, 5) is 2.56. The van der Waals surface area contributed by atoms with E-state index in [2.05, 4.69) is 36.3 Å². The quantitative estimate of drug-likeness (QED) is 0.751. The first kappa shape index (κ1) is 16.8. The van der Waals surface area contributed by atoms with E-state index >= 15 is 0 Å². The molecule has 0 saturated heterocycles. The summed E-state index contributed by atoms with van der Waals surface area (Å²) in [5, 5.41) is 4.39. The molecular formula is C18H29ClN2. The molecule has 1 saturated carbocycles. The van der Waals surface area contributed by atoms with Gasteiger partial charge in [0.25, 0.3) is 0 Å². The molecular weight excluding hydrogens is 280 g/mol. The predicted octanol–water partition coefficient (Wildman–Crippen LogP) is 4.39. The number of nitrogens with zero attached hydrogens (tertiary/aromatic N) is 1. The van der Waals surface area contributed by atoms with Crippen LogP contribution in [0.4, 0.5) is 0 Å². The van der Waals surface area contributed by atoms with Crippen molar-refractivity contribution in [1.82, 2.24) is 10.2 Å². The summed E-state index contributed by atoms with van der Waals surface area (Å²) in [7, 11) is 2.28. The van der Waals surface area contributed by atoms with Gasteiger partial charge in [0.15, 0.2) is 0 Å². The van der Waals surface area contributed by atoms with Gasteiger partial charge < -0.3 is 10.2 Å². The van der Waals surface area contributed by atoms with Crippen molar-refractivity contribution < 1.29 is 0 Å². The maximum atomic E-state index is 6.25. The lowest BCUT2D eigenvalue weighted by Gasteiger charge is -2.31. The van der Waals surface area contributed by atoms with Crippen LogP contribution in [0.15, 0.2) is 18.2 Å². The molecule has 1 fully saturated rings. The largest absolute Gasteiger partial charge is 0.313 e. The van der Waals surface area contributed by atoms with Gasteiger partial charge in [-0.15, -0.1) is 0 Å². The zero-order chi connectivity index (χ0) is 15.1. The van der Waals surface area contributed by atoms with Crippen molar-refractivity contribution in [2.75, 3.05) is 20.1 Å². The Labute approximate surface area is 134 Å². The minimum Gasteiger partial charge on any atom is -0.313 e. The molecule has 118 valence electrons. The Bertz CT molecular complexity index is 427. The van der Waals surface area contributed by atoms with Gasteiger partial charge in [-0.25, -0.2) is 0 Å². The van der Waals surface area contributed by atoms with Crippen LogP contribution in [0.5, 0.6) is 0 Å². The Morgan fingerprint density at radius 2 is 2.00 bits per heavy atom. The van der Waals surface area contributed by atoms with Crippen molar-refractivity contribution in [3.63, 3.8) is 0 Å². The summed E-state index contributed by atoms with van der Waals surface area (Å²) >= 11 is 6.25. The van der Waals surface area contributed by atoms with E-state index in [1.165, 1.54) is 56.2 Å². The molecule has 0 aromatic heterocycles. The number of aryl methyl sites for hydroxylation is 1. The molecule has 1 aliphatic carbocycles. The molecule has 1 aliphatic rings. The second-order valence-electron chi connectivity index (χ2n) is 6.40. The van der Waals surface area contributed by atoms with Crippen LogP contribution >= 0.6 is 11.6 Å². The van der Waals surface area contributed by atoms with E-state index in [4.69, 9.17) is 11.6 Å². The molecule has 0 aliphatic heterocycles. The molecule has 0 bridgehead atoms. The maximum Gasteiger partial charge on any atom is 0.0453 e. The van der Waals surface area contributed by atoms with Crippen LogP contribution in [-0.2, 0) is 6.54 Å². The summed E-state index contributed by atoms with van der Waals surface area (Å²) in [5.74, 6) is 0. The molecule has 1 aromatic carbocycles. The molecule has 0 atom stereocenters. The first-order valence-corrected chi connectivity index (χ1v) is 8.70. The topological polar surface area (TPSA) is 15.3 Å². The van der Waals surface area contributed by atoms with Gasteiger partial charge in [0.2, 0.25) is 0 Å². The minimum atomic E-state index is 0.824. The number of hydrogen-bond acceptors (Lipinski definition) is 2. The van der Waals surface area contributed by atoms with Crippen molar-refractivity contribution in [3.8, 4) is 0 Å². The Morgan fingerprint density at radius 3 is 2.71 bits per heavy atom. The van der Waals surface area contributed by atoms with Crippen molar-refractivity contribution in [2.24, 2.45) is 0 Å². The van der Waals surface area contributed by atoms with E-state index < -0.39 is 0 Å². The number of hydrogen-bond donors (Lipinski definition) is 1. The van der Waals surface area contributed by atoms with Crippen LogP contribution < -0.4 is 5.32 Å². The third kappa shape index (κ3) is 5.61. The van der Waals surface area contributed by atoms with Gasteiger partial charge in [-0.05, 0) is 63.5 Å². The van der Waals surface area contributed by atoms with Crippen LogP contribution in [0.2, 0.25) is 5.02 Å². The van der Waals surface area contributed by atoms with Gasteiger partial charge in [-0.2, -0.15) is 0 Å². The average Bonchev–Trinajstić information content (AvgIpc) is 2.49. The van der Waals surface area contributed by atoms with Gasteiger partial charge in [0.05, 0.1) is 0 Å². The average molecular weight is 309 g/mol. The predicted molar refractivity (Wildman–Crippen MR) is 92.0 cm³/mol. The van der Waals surface area contributed by atoms with Crippen LogP contribution in [0, 0.1) is 6.92 Å². The highest BCUT2D eigenvalue weighted by Gasteiger charge is 2.17.